The van der Waals surface area contributed by atoms with Crippen LogP contribution in [0.1, 0.15) is 31.4 Å². The van der Waals surface area contributed by atoms with E-state index in [4.69, 9.17) is 10.5 Å². The summed E-state index contributed by atoms with van der Waals surface area (Å²) in [6.07, 6.45) is 3.12. The average molecular weight is 278 g/mol. The van der Waals surface area contributed by atoms with Crippen LogP contribution in [0.2, 0.25) is 0 Å². The molecule has 6 nitrogen and oxygen atoms in total. The number of aryl methyl sites for hydroxylation is 1. The first-order chi connectivity index (χ1) is 9.59. The van der Waals surface area contributed by atoms with E-state index >= 15 is 0 Å². The summed E-state index contributed by atoms with van der Waals surface area (Å²) in [5.41, 5.74) is 6.24. The van der Waals surface area contributed by atoms with E-state index in [0.717, 1.165) is 56.9 Å². The van der Waals surface area contributed by atoms with Gasteiger partial charge in [0.15, 0.2) is 0 Å². The number of aliphatic hydroxyl groups excluding tert-OH is 1. The highest BCUT2D eigenvalue weighted by atomic mass is 16.5. The third-order valence-corrected chi connectivity index (χ3v) is 4.41. The predicted molar refractivity (Wildman–Crippen MR) is 76.6 cm³/mol. The molecule has 1 aromatic rings. The third-order valence-electron chi connectivity index (χ3n) is 4.41. The maximum atomic E-state index is 10.2. The summed E-state index contributed by atoms with van der Waals surface area (Å²) in [5.74, 6) is 1.18. The summed E-state index contributed by atoms with van der Waals surface area (Å²) in [5, 5.41) is 10.2. The Kier molecular flexibility index (Phi) is 3.52. The summed E-state index contributed by atoms with van der Waals surface area (Å²) >= 11 is 0. The SMILES string of the molecule is Cc1cc(N2CCC3(CC2)OCCC[C@@H]3O)nc(N)n1. The van der Waals surface area contributed by atoms with Gasteiger partial charge in [0.25, 0.3) is 0 Å². The molecule has 3 heterocycles. The van der Waals surface area contributed by atoms with Gasteiger partial charge in [0.1, 0.15) is 5.82 Å². The molecule has 1 atom stereocenters. The van der Waals surface area contributed by atoms with Crippen molar-refractivity contribution >= 4 is 11.8 Å². The molecule has 1 spiro atoms. The minimum atomic E-state index is -0.345. The smallest absolute Gasteiger partial charge is 0.222 e. The molecular weight excluding hydrogens is 256 g/mol. The maximum absolute atomic E-state index is 10.2. The highest BCUT2D eigenvalue weighted by molar-refractivity contribution is 5.44. The van der Waals surface area contributed by atoms with Gasteiger partial charge in [-0.3, -0.25) is 0 Å². The zero-order chi connectivity index (χ0) is 14.2. The van der Waals surface area contributed by atoms with Crippen LogP contribution in [0.25, 0.3) is 0 Å². The molecule has 2 saturated heterocycles. The van der Waals surface area contributed by atoms with Crippen LogP contribution in [-0.2, 0) is 4.74 Å². The van der Waals surface area contributed by atoms with E-state index in [0.29, 0.717) is 5.95 Å². The van der Waals surface area contributed by atoms with Gasteiger partial charge in [-0.05, 0) is 32.6 Å². The lowest BCUT2D eigenvalue weighted by Crippen LogP contribution is -2.55. The van der Waals surface area contributed by atoms with E-state index in [1.807, 2.05) is 13.0 Å². The maximum Gasteiger partial charge on any atom is 0.222 e. The van der Waals surface area contributed by atoms with Gasteiger partial charge in [-0.25, -0.2) is 4.98 Å². The molecule has 20 heavy (non-hydrogen) atoms. The Hall–Kier alpha value is -1.40. The Bertz CT molecular complexity index is 466. The fraction of sp³-hybridized carbons (Fsp3) is 0.714. The average Bonchev–Trinajstić information content (AvgIpc) is 2.42. The van der Waals surface area contributed by atoms with Gasteiger partial charge in [-0.15, -0.1) is 0 Å². The molecule has 3 N–H and O–H groups in total. The number of anilines is 2. The van der Waals surface area contributed by atoms with Crippen LogP contribution >= 0.6 is 0 Å². The molecular formula is C14H22N4O2. The van der Waals surface area contributed by atoms with Crippen molar-refractivity contribution in [2.45, 2.75) is 44.3 Å². The fourth-order valence-corrected chi connectivity index (χ4v) is 3.24. The zero-order valence-corrected chi connectivity index (χ0v) is 11.9. The first-order valence-corrected chi connectivity index (χ1v) is 7.27. The number of nitrogen functional groups attached to an aromatic ring is 1. The molecule has 2 fully saturated rings. The second-order valence-electron chi connectivity index (χ2n) is 5.78. The third kappa shape index (κ3) is 2.45. The quantitative estimate of drug-likeness (QED) is 0.793. The van der Waals surface area contributed by atoms with Crippen LogP contribution in [0.15, 0.2) is 6.07 Å². The summed E-state index contributed by atoms with van der Waals surface area (Å²) in [6, 6.07) is 1.95. The van der Waals surface area contributed by atoms with Crippen molar-refractivity contribution < 1.29 is 9.84 Å². The number of nitrogens with two attached hydrogens (primary N) is 1. The number of aromatic nitrogens is 2. The molecule has 0 amide bonds. The summed E-state index contributed by atoms with van der Waals surface area (Å²) < 4.78 is 5.92. The van der Waals surface area contributed by atoms with Crippen molar-refractivity contribution in [1.29, 1.82) is 0 Å². The molecule has 6 heteroatoms. The van der Waals surface area contributed by atoms with Crippen LogP contribution < -0.4 is 10.6 Å². The molecule has 1 aromatic heterocycles. The monoisotopic (exact) mass is 278 g/mol. The molecule has 0 aromatic carbocycles. The molecule has 0 unspecified atom stereocenters. The van der Waals surface area contributed by atoms with Crippen LogP contribution in [0.4, 0.5) is 11.8 Å². The van der Waals surface area contributed by atoms with Crippen LogP contribution in [0, 0.1) is 6.92 Å². The van der Waals surface area contributed by atoms with Gasteiger partial charge in [-0.1, -0.05) is 0 Å². The largest absolute Gasteiger partial charge is 0.390 e. The van der Waals surface area contributed by atoms with Gasteiger partial charge in [-0.2, -0.15) is 4.98 Å². The number of nitrogens with zero attached hydrogens (tertiary/aromatic N) is 3. The highest BCUT2D eigenvalue weighted by Crippen LogP contribution is 2.36. The highest BCUT2D eigenvalue weighted by Gasteiger charge is 2.43. The molecule has 2 aliphatic heterocycles. The lowest BCUT2D eigenvalue weighted by atomic mass is 9.82. The number of rotatable bonds is 1. The number of aliphatic hydroxyl groups is 1. The van der Waals surface area contributed by atoms with E-state index in [9.17, 15) is 5.11 Å². The van der Waals surface area contributed by atoms with Crippen LogP contribution in [0.3, 0.4) is 0 Å². The van der Waals surface area contributed by atoms with Crippen molar-refractivity contribution in [3.05, 3.63) is 11.8 Å². The Morgan fingerprint density at radius 1 is 1.40 bits per heavy atom. The first kappa shape index (κ1) is 13.6. The van der Waals surface area contributed by atoms with E-state index in [1.54, 1.807) is 0 Å². The molecule has 3 rings (SSSR count). The van der Waals surface area contributed by atoms with Gasteiger partial charge in [0.05, 0.1) is 11.7 Å². The number of hydrogen-bond donors (Lipinski definition) is 2. The summed E-state index contributed by atoms with van der Waals surface area (Å²) in [7, 11) is 0. The fourth-order valence-electron chi connectivity index (χ4n) is 3.24. The van der Waals surface area contributed by atoms with E-state index in [2.05, 4.69) is 14.9 Å². The first-order valence-electron chi connectivity index (χ1n) is 7.27. The normalized spacial score (nSPS) is 25.9. The lowest BCUT2D eigenvalue weighted by molar-refractivity contribution is -0.164. The van der Waals surface area contributed by atoms with Gasteiger partial charge < -0.3 is 20.5 Å². The van der Waals surface area contributed by atoms with Gasteiger partial charge in [0, 0.05) is 31.5 Å². The van der Waals surface area contributed by atoms with Crippen LogP contribution in [0.5, 0.6) is 0 Å². The predicted octanol–water partition coefficient (Wildman–Crippen LogP) is 0.878. The Balaban J connectivity index is 1.71. The molecule has 2 aliphatic rings. The Labute approximate surface area is 119 Å². The molecule has 110 valence electrons. The molecule has 0 saturated carbocycles. The second kappa shape index (κ2) is 5.18. The Morgan fingerprint density at radius 3 is 2.80 bits per heavy atom. The topological polar surface area (TPSA) is 84.5 Å². The Morgan fingerprint density at radius 2 is 2.15 bits per heavy atom. The minimum Gasteiger partial charge on any atom is -0.390 e. The molecule has 0 bridgehead atoms. The summed E-state index contributed by atoms with van der Waals surface area (Å²) in [6.45, 7) is 4.33. The summed E-state index contributed by atoms with van der Waals surface area (Å²) in [4.78, 5) is 10.6. The lowest BCUT2D eigenvalue weighted by Gasteiger charge is -2.47. The van der Waals surface area contributed by atoms with Gasteiger partial charge in [0.2, 0.25) is 5.95 Å². The zero-order valence-electron chi connectivity index (χ0n) is 11.9. The molecule has 0 aliphatic carbocycles. The molecule has 0 radical (unpaired) electrons. The number of piperidine rings is 1. The second-order valence-corrected chi connectivity index (χ2v) is 5.78. The van der Waals surface area contributed by atoms with Crippen molar-refractivity contribution in [3.8, 4) is 0 Å². The van der Waals surface area contributed by atoms with E-state index < -0.39 is 0 Å². The van der Waals surface area contributed by atoms with Gasteiger partial charge >= 0.3 is 0 Å². The number of ether oxygens (including phenoxy) is 1. The van der Waals surface area contributed by atoms with Crippen LogP contribution in [-0.4, -0.2) is 46.5 Å². The van der Waals surface area contributed by atoms with Crippen molar-refractivity contribution in [1.82, 2.24) is 9.97 Å². The van der Waals surface area contributed by atoms with Crippen molar-refractivity contribution in [3.63, 3.8) is 0 Å². The van der Waals surface area contributed by atoms with Crippen molar-refractivity contribution in [2.75, 3.05) is 30.3 Å². The standard InChI is InChI=1S/C14H22N4O2/c1-10-9-12(17-13(15)16-10)18-6-4-14(5-7-18)11(19)3-2-8-20-14/h9,11,19H,2-8H2,1H3,(H2,15,16,17)/t11-/m0/s1. The van der Waals surface area contributed by atoms with E-state index in [1.165, 1.54) is 0 Å². The minimum absolute atomic E-state index is 0.314. The van der Waals surface area contributed by atoms with Crippen molar-refractivity contribution in [2.24, 2.45) is 0 Å². The number of hydrogen-bond acceptors (Lipinski definition) is 6. The van der Waals surface area contributed by atoms with E-state index in [-0.39, 0.29) is 11.7 Å².